The smallest absolute Gasteiger partial charge is 0.134 e. The first kappa shape index (κ1) is 5.75. The number of nitrogens with one attached hydrogen (secondary N) is 1. The third kappa shape index (κ3) is 3.26. The number of benzene rings is 2. The summed E-state index contributed by atoms with van der Waals surface area (Å²) >= 11 is 1.11. The van der Waals surface area contributed by atoms with Gasteiger partial charge in [0.25, 0.3) is 0 Å². The van der Waals surface area contributed by atoms with Crippen molar-refractivity contribution in [2.45, 2.75) is 12.5 Å². The Morgan fingerprint density at radius 1 is 1.33 bits per heavy atom. The normalized spacial score (nSPS) is 21.9. The van der Waals surface area contributed by atoms with E-state index in [1.807, 2.05) is 0 Å². The average Bonchev–Trinajstić information content (AvgIpc) is 3.26. The topological polar surface area (TPSA) is 21.3 Å². The molecule has 0 amide bonds. The molecule has 1 N–H and O–H groups in total. The minimum Gasteiger partial charge on any atom is -0.484 e. The van der Waals surface area contributed by atoms with Gasteiger partial charge in [-0.15, -0.1) is 11.3 Å². The first-order valence-corrected chi connectivity index (χ1v) is 7.00. The summed E-state index contributed by atoms with van der Waals surface area (Å²) in [5, 5.41) is 3.13. The molecule has 3 aromatic rings. The van der Waals surface area contributed by atoms with E-state index in [4.69, 9.17) is 21.2 Å². The molecule has 0 spiro atoms. The summed E-state index contributed by atoms with van der Waals surface area (Å²) in [6.07, 6.45) is -3.82. The Labute approximate surface area is 146 Å². The molecule has 0 fully saturated rings. The first-order valence-electron chi connectivity index (χ1n) is 12.1. The number of hydrogen-bond acceptors (Lipinski definition) is 3. The number of hydrogen-bond donors (Lipinski definition) is 1. The lowest BCUT2D eigenvalue weighted by molar-refractivity contribution is 0.201. The molecule has 1 unspecified atom stereocenters. The van der Waals surface area contributed by atoms with Gasteiger partial charge >= 0.3 is 0 Å². The van der Waals surface area contributed by atoms with Crippen molar-refractivity contribution in [3.05, 3.63) is 64.7 Å². The van der Waals surface area contributed by atoms with Gasteiger partial charge in [-0.25, -0.2) is 0 Å². The zero-order valence-corrected chi connectivity index (χ0v) is 11.6. The molecule has 2 nitrogen and oxygen atoms in total. The van der Waals surface area contributed by atoms with Crippen LogP contribution < -0.4 is 10.1 Å². The Morgan fingerprint density at radius 2 is 2.24 bits per heavy atom. The Kier molecular flexibility index (Phi) is 1.85. The Balaban J connectivity index is 2.26. The van der Waals surface area contributed by atoms with Gasteiger partial charge in [0.05, 0.1) is 9.60 Å². The second kappa shape index (κ2) is 6.74. The van der Waals surface area contributed by atoms with Gasteiger partial charge in [0.15, 0.2) is 0 Å². The summed E-state index contributed by atoms with van der Waals surface area (Å²) < 4.78 is 102. The van der Waals surface area contributed by atoms with Crippen LogP contribution in [-0.4, -0.2) is 13.5 Å². The molecule has 0 saturated carbocycles. The van der Waals surface area contributed by atoms with Gasteiger partial charge in [0.2, 0.25) is 0 Å². The number of fused-ring (bicyclic) bond motifs is 1. The SMILES string of the molecule is [2H]c1c([2H])c([2H])c2c(OC(c3cccs3)C([2H])([2H])CNC([2H])([2H])[2H])c([2H])c([2H])c([2H])c2c1[2H]. The molecule has 3 heteroatoms. The second-order valence-electron chi connectivity index (χ2n) is 4.03. The van der Waals surface area contributed by atoms with E-state index in [2.05, 4.69) is 5.32 Å². The van der Waals surface area contributed by atoms with Crippen molar-refractivity contribution in [3.8, 4) is 5.75 Å². The lowest BCUT2D eigenvalue weighted by Gasteiger charge is -2.19. The van der Waals surface area contributed by atoms with Crippen molar-refractivity contribution >= 4 is 22.1 Å². The van der Waals surface area contributed by atoms with E-state index in [0.29, 0.717) is 4.88 Å². The van der Waals surface area contributed by atoms with Crippen LogP contribution in [0.3, 0.4) is 0 Å². The zero-order valence-electron chi connectivity index (χ0n) is 22.8. The van der Waals surface area contributed by atoms with Crippen molar-refractivity contribution < 1.29 is 21.2 Å². The van der Waals surface area contributed by atoms with Gasteiger partial charge in [-0.2, -0.15) is 0 Å². The van der Waals surface area contributed by atoms with Gasteiger partial charge in [-0.1, -0.05) is 42.3 Å². The standard InChI is InChI=1S/C18H19NOS/c1-19-12-11-17(18-10-5-13-21-18)20-16-9-4-7-14-6-2-3-8-15(14)16/h2-10,13,17,19H,11-12H2,1H3/i1D3,2D,3D,4D,6D,7D,8D,9D,11D2. The average molecular weight is 309 g/mol. The number of rotatable bonds is 6. The summed E-state index contributed by atoms with van der Waals surface area (Å²) in [5.41, 5.74) is 0. The van der Waals surface area contributed by atoms with E-state index in [9.17, 15) is 0 Å². The molecular formula is C18H19NOS. The van der Waals surface area contributed by atoms with E-state index in [1.165, 1.54) is 0 Å². The van der Waals surface area contributed by atoms with E-state index >= 15 is 0 Å². The van der Waals surface area contributed by atoms with Crippen LogP contribution in [0.4, 0.5) is 0 Å². The van der Waals surface area contributed by atoms with Crippen LogP contribution in [0.5, 0.6) is 5.75 Å². The highest BCUT2D eigenvalue weighted by Crippen LogP contribution is 2.32. The molecule has 0 radical (unpaired) electrons. The van der Waals surface area contributed by atoms with Crippen LogP contribution in [-0.2, 0) is 0 Å². The molecule has 1 aromatic heterocycles. The lowest BCUT2D eigenvalue weighted by Crippen LogP contribution is -2.15. The summed E-state index contributed by atoms with van der Waals surface area (Å²) in [6.45, 7) is -3.28. The van der Waals surface area contributed by atoms with Crippen molar-refractivity contribution in [3.63, 3.8) is 0 Å². The van der Waals surface area contributed by atoms with Crippen LogP contribution in [0.15, 0.2) is 59.8 Å². The van der Waals surface area contributed by atoms with Crippen molar-refractivity contribution in [2.24, 2.45) is 0 Å². The van der Waals surface area contributed by atoms with Gasteiger partial charge in [-0.3, -0.25) is 0 Å². The zero-order chi connectivity index (χ0) is 24.9. The van der Waals surface area contributed by atoms with Crippen LogP contribution in [0.1, 0.15) is 33.8 Å². The quantitative estimate of drug-likeness (QED) is 0.717. The molecule has 0 saturated heterocycles. The monoisotopic (exact) mass is 309 g/mol. The predicted molar refractivity (Wildman–Crippen MR) is 90.2 cm³/mol. The molecule has 1 heterocycles. The highest BCUT2D eigenvalue weighted by Gasteiger charge is 2.15. The van der Waals surface area contributed by atoms with Crippen LogP contribution in [0, 0.1) is 0 Å². The Bertz CT molecular complexity index is 1180. The molecule has 21 heavy (non-hydrogen) atoms. The summed E-state index contributed by atoms with van der Waals surface area (Å²) in [6, 6.07) is -1.10. The van der Waals surface area contributed by atoms with Gasteiger partial charge in [0, 0.05) is 23.5 Å². The van der Waals surface area contributed by atoms with Gasteiger partial charge in [-0.05, 0) is 36.4 Å². The highest BCUT2D eigenvalue weighted by atomic mass is 32.1. The third-order valence-electron chi connectivity index (χ3n) is 2.69. The van der Waals surface area contributed by atoms with Crippen LogP contribution >= 0.6 is 11.3 Å². The molecule has 3 rings (SSSR count). The maximum atomic E-state index is 8.48. The fraction of sp³-hybridized carbons (Fsp3) is 0.222. The van der Waals surface area contributed by atoms with Gasteiger partial charge < -0.3 is 10.1 Å². The lowest BCUT2D eigenvalue weighted by atomic mass is 10.1. The second-order valence-corrected chi connectivity index (χ2v) is 5.00. The summed E-state index contributed by atoms with van der Waals surface area (Å²) in [7, 11) is 0. The molecule has 0 bridgehead atoms. The fourth-order valence-electron chi connectivity index (χ4n) is 1.78. The molecule has 0 aliphatic heterocycles. The van der Waals surface area contributed by atoms with E-state index in [1.54, 1.807) is 17.5 Å². The molecule has 0 aliphatic carbocycles. The third-order valence-corrected chi connectivity index (χ3v) is 3.61. The Hall–Kier alpha value is -1.84. The largest absolute Gasteiger partial charge is 0.484 e. The first-order chi connectivity index (χ1) is 15.2. The van der Waals surface area contributed by atoms with E-state index < -0.39 is 74.0 Å². The summed E-state index contributed by atoms with van der Waals surface area (Å²) in [4.78, 5) is 0.335. The van der Waals surface area contributed by atoms with Crippen molar-refractivity contribution in [1.82, 2.24) is 5.32 Å². The van der Waals surface area contributed by atoms with E-state index in [0.717, 1.165) is 11.3 Å². The maximum Gasteiger partial charge on any atom is 0.134 e. The number of ether oxygens (including phenoxy) is 1. The minimum atomic E-state index is -2.62. The molecule has 1 atom stereocenters. The molecular weight excluding hydrogens is 278 g/mol. The predicted octanol–water partition coefficient (Wildman–Crippen LogP) is 4.63. The van der Waals surface area contributed by atoms with Crippen molar-refractivity contribution in [2.75, 3.05) is 13.5 Å². The molecule has 108 valence electrons. The summed E-state index contributed by atoms with van der Waals surface area (Å²) in [5.74, 6) is -0.478. The van der Waals surface area contributed by atoms with Gasteiger partial charge in [0.1, 0.15) is 11.9 Å². The molecule has 0 aliphatic rings. The fourth-order valence-corrected chi connectivity index (χ4v) is 2.51. The van der Waals surface area contributed by atoms with Crippen LogP contribution in [0.25, 0.3) is 10.8 Å². The highest BCUT2D eigenvalue weighted by molar-refractivity contribution is 7.10. The van der Waals surface area contributed by atoms with Crippen molar-refractivity contribution in [1.29, 1.82) is 0 Å². The minimum absolute atomic E-state index is 0.312. The number of thiophene rings is 1. The van der Waals surface area contributed by atoms with E-state index in [-0.39, 0.29) is 10.8 Å². The molecule has 2 aromatic carbocycles. The maximum absolute atomic E-state index is 8.48. The van der Waals surface area contributed by atoms with Crippen LogP contribution in [0.2, 0.25) is 0 Å². The Morgan fingerprint density at radius 3 is 3.10 bits per heavy atom.